The number of aromatic nitrogens is 4. The van der Waals surface area contributed by atoms with Gasteiger partial charge in [0.2, 0.25) is 5.95 Å². The van der Waals surface area contributed by atoms with Gasteiger partial charge in [0, 0.05) is 43.4 Å². The van der Waals surface area contributed by atoms with E-state index in [-0.39, 0.29) is 5.92 Å². The third-order valence-electron chi connectivity index (χ3n) is 4.86. The molecule has 26 heavy (non-hydrogen) atoms. The molecule has 1 fully saturated rings. The van der Waals surface area contributed by atoms with Crippen LogP contribution >= 0.6 is 0 Å². The van der Waals surface area contributed by atoms with Crippen LogP contribution in [-0.2, 0) is 0 Å². The molecule has 0 spiro atoms. The van der Waals surface area contributed by atoms with E-state index in [0.29, 0.717) is 0 Å². The molecule has 3 aromatic heterocycles. The molecule has 6 nitrogen and oxygen atoms in total. The Kier molecular flexibility index (Phi) is 4.84. The Morgan fingerprint density at radius 2 is 1.85 bits per heavy atom. The predicted molar refractivity (Wildman–Crippen MR) is 99.4 cm³/mol. The van der Waals surface area contributed by atoms with E-state index in [1.807, 2.05) is 42.6 Å². The van der Waals surface area contributed by atoms with E-state index in [0.717, 1.165) is 48.8 Å². The maximum Gasteiger partial charge on any atom is 0.225 e. The van der Waals surface area contributed by atoms with E-state index in [1.165, 1.54) is 0 Å². The van der Waals surface area contributed by atoms with Crippen LogP contribution in [0.2, 0.25) is 0 Å². The second-order valence-electron chi connectivity index (χ2n) is 6.51. The van der Waals surface area contributed by atoms with Gasteiger partial charge in [-0.2, -0.15) is 0 Å². The van der Waals surface area contributed by atoms with Gasteiger partial charge in [-0.15, -0.1) is 0 Å². The molecule has 1 aliphatic rings. The molecule has 0 amide bonds. The molecule has 1 atom stereocenters. The van der Waals surface area contributed by atoms with Crippen molar-refractivity contribution in [2.45, 2.75) is 18.9 Å². The van der Waals surface area contributed by atoms with Crippen molar-refractivity contribution in [3.8, 4) is 11.3 Å². The van der Waals surface area contributed by atoms with Gasteiger partial charge in [0.25, 0.3) is 0 Å². The van der Waals surface area contributed by atoms with Crippen LogP contribution in [0.5, 0.6) is 0 Å². The first kappa shape index (κ1) is 16.6. The van der Waals surface area contributed by atoms with E-state index in [9.17, 15) is 5.11 Å². The van der Waals surface area contributed by atoms with Crippen LogP contribution in [0.15, 0.2) is 61.2 Å². The average molecular weight is 347 g/mol. The molecule has 4 heterocycles. The summed E-state index contributed by atoms with van der Waals surface area (Å²) in [7, 11) is 0. The zero-order chi connectivity index (χ0) is 17.8. The summed E-state index contributed by atoms with van der Waals surface area (Å²) in [6.45, 7) is 1.65. The van der Waals surface area contributed by atoms with Gasteiger partial charge in [-0.3, -0.25) is 9.97 Å². The van der Waals surface area contributed by atoms with Gasteiger partial charge in [0.05, 0.1) is 17.5 Å². The number of aliphatic hydroxyl groups is 1. The first-order valence-corrected chi connectivity index (χ1v) is 8.88. The van der Waals surface area contributed by atoms with Crippen LogP contribution in [0, 0.1) is 5.92 Å². The Morgan fingerprint density at radius 1 is 0.962 bits per heavy atom. The predicted octanol–water partition coefficient (Wildman–Crippen LogP) is 2.88. The Hall–Kier alpha value is -2.86. The van der Waals surface area contributed by atoms with E-state index in [2.05, 4.69) is 19.9 Å². The lowest BCUT2D eigenvalue weighted by molar-refractivity contribution is 0.0889. The molecule has 1 N–H and O–H groups in total. The number of hydrogen-bond donors (Lipinski definition) is 1. The first-order chi connectivity index (χ1) is 12.8. The Morgan fingerprint density at radius 3 is 2.58 bits per heavy atom. The molecule has 1 saturated heterocycles. The van der Waals surface area contributed by atoms with Crippen LogP contribution in [0.1, 0.15) is 24.6 Å². The van der Waals surface area contributed by atoms with Gasteiger partial charge in [-0.05, 0) is 49.1 Å². The summed E-state index contributed by atoms with van der Waals surface area (Å²) in [4.78, 5) is 19.7. The average Bonchev–Trinajstić information content (AvgIpc) is 2.75. The highest BCUT2D eigenvalue weighted by molar-refractivity contribution is 5.58. The van der Waals surface area contributed by atoms with Crippen LogP contribution < -0.4 is 4.90 Å². The van der Waals surface area contributed by atoms with Gasteiger partial charge < -0.3 is 10.0 Å². The Balaban J connectivity index is 1.44. The zero-order valence-corrected chi connectivity index (χ0v) is 14.4. The van der Waals surface area contributed by atoms with E-state index >= 15 is 0 Å². The van der Waals surface area contributed by atoms with Crippen LogP contribution in [0.3, 0.4) is 0 Å². The SMILES string of the molecule is OC(c1ccccn1)C1CCN(c2nccc(-c3cccnc3)n2)CC1. The maximum absolute atomic E-state index is 10.6. The van der Waals surface area contributed by atoms with E-state index < -0.39 is 6.10 Å². The van der Waals surface area contributed by atoms with Crippen molar-refractivity contribution in [2.75, 3.05) is 18.0 Å². The van der Waals surface area contributed by atoms with Gasteiger partial charge in [0.15, 0.2) is 0 Å². The standard InChI is InChI=1S/C20H21N5O/c26-19(18-5-1-2-10-22-18)15-7-12-25(13-8-15)20-23-11-6-17(24-20)16-4-3-9-21-14-16/h1-6,9-11,14-15,19,26H,7-8,12-13H2. The van der Waals surface area contributed by atoms with Gasteiger partial charge in [-0.1, -0.05) is 6.07 Å². The second-order valence-corrected chi connectivity index (χ2v) is 6.51. The summed E-state index contributed by atoms with van der Waals surface area (Å²) in [5, 5.41) is 10.6. The third kappa shape index (κ3) is 3.55. The quantitative estimate of drug-likeness (QED) is 0.782. The van der Waals surface area contributed by atoms with Crippen molar-refractivity contribution in [3.05, 3.63) is 66.9 Å². The molecule has 1 unspecified atom stereocenters. The lowest BCUT2D eigenvalue weighted by Crippen LogP contribution is -2.36. The minimum atomic E-state index is -0.513. The van der Waals surface area contributed by atoms with Crippen LogP contribution in [0.25, 0.3) is 11.3 Å². The summed E-state index contributed by atoms with van der Waals surface area (Å²) >= 11 is 0. The molecule has 0 bridgehead atoms. The first-order valence-electron chi connectivity index (χ1n) is 8.88. The van der Waals surface area contributed by atoms with Crippen LogP contribution in [-0.4, -0.2) is 38.1 Å². The zero-order valence-electron chi connectivity index (χ0n) is 14.4. The van der Waals surface area contributed by atoms with Crippen molar-refractivity contribution >= 4 is 5.95 Å². The minimum absolute atomic E-state index is 0.211. The largest absolute Gasteiger partial charge is 0.387 e. The molecule has 0 saturated carbocycles. The fraction of sp³-hybridized carbons (Fsp3) is 0.300. The van der Waals surface area contributed by atoms with Crippen LogP contribution in [0.4, 0.5) is 5.95 Å². The molecule has 0 aliphatic carbocycles. The van der Waals surface area contributed by atoms with Crippen molar-refractivity contribution in [3.63, 3.8) is 0 Å². The minimum Gasteiger partial charge on any atom is -0.387 e. The summed E-state index contributed by atoms with van der Waals surface area (Å²) in [6, 6.07) is 11.5. The monoisotopic (exact) mass is 347 g/mol. The smallest absolute Gasteiger partial charge is 0.225 e. The summed E-state index contributed by atoms with van der Waals surface area (Å²) in [5.41, 5.74) is 2.61. The number of nitrogens with zero attached hydrogens (tertiary/aromatic N) is 5. The topological polar surface area (TPSA) is 75.0 Å². The fourth-order valence-corrected chi connectivity index (χ4v) is 3.38. The van der Waals surface area contributed by atoms with Crippen molar-refractivity contribution < 1.29 is 5.11 Å². The molecule has 1 aliphatic heterocycles. The second kappa shape index (κ2) is 7.58. The molecule has 3 aromatic rings. The molecule has 6 heteroatoms. The highest BCUT2D eigenvalue weighted by Crippen LogP contribution is 2.31. The number of rotatable bonds is 4. The lowest BCUT2D eigenvalue weighted by Gasteiger charge is -2.34. The fourth-order valence-electron chi connectivity index (χ4n) is 3.38. The summed E-state index contributed by atoms with van der Waals surface area (Å²) < 4.78 is 0. The number of anilines is 1. The van der Waals surface area contributed by atoms with Gasteiger partial charge in [0.1, 0.15) is 0 Å². The number of hydrogen-bond acceptors (Lipinski definition) is 6. The third-order valence-corrected chi connectivity index (χ3v) is 4.86. The summed E-state index contributed by atoms with van der Waals surface area (Å²) in [6.07, 6.45) is 8.34. The van der Waals surface area contributed by atoms with E-state index in [4.69, 9.17) is 4.98 Å². The van der Waals surface area contributed by atoms with Crippen molar-refractivity contribution in [1.29, 1.82) is 0 Å². The number of aliphatic hydroxyl groups excluding tert-OH is 1. The molecule has 0 radical (unpaired) electrons. The highest BCUT2D eigenvalue weighted by Gasteiger charge is 2.28. The molecular formula is C20H21N5O. The van der Waals surface area contributed by atoms with Crippen molar-refractivity contribution in [1.82, 2.24) is 19.9 Å². The van der Waals surface area contributed by atoms with E-state index in [1.54, 1.807) is 18.6 Å². The number of piperidine rings is 1. The molecule has 4 rings (SSSR count). The van der Waals surface area contributed by atoms with Gasteiger partial charge >= 0.3 is 0 Å². The molecule has 132 valence electrons. The maximum atomic E-state index is 10.6. The normalized spacial score (nSPS) is 16.4. The highest BCUT2D eigenvalue weighted by atomic mass is 16.3. The number of pyridine rings is 2. The summed E-state index contributed by atoms with van der Waals surface area (Å²) in [5.74, 6) is 0.944. The Bertz CT molecular complexity index is 835. The lowest BCUT2D eigenvalue weighted by atomic mass is 9.89. The van der Waals surface area contributed by atoms with Gasteiger partial charge in [-0.25, -0.2) is 9.97 Å². The Labute approximate surface area is 152 Å². The molecule has 0 aromatic carbocycles. The van der Waals surface area contributed by atoms with Crippen molar-refractivity contribution in [2.24, 2.45) is 5.92 Å². The molecular weight excluding hydrogens is 326 g/mol.